The number of hydrogen-bond acceptors (Lipinski definition) is 8. The maximum Gasteiger partial charge on any atom is 0.238 e. The number of aromatic nitrogens is 11. The van der Waals surface area contributed by atoms with E-state index in [-0.39, 0.29) is 0 Å². The van der Waals surface area contributed by atoms with Crippen molar-refractivity contribution >= 4 is 141 Å². The first-order valence-electron chi connectivity index (χ1n) is 47.2. The molecule has 0 atom stereocenters. The molecular weight excluding hydrogens is 1690 g/mol. The third-order valence-electron chi connectivity index (χ3n) is 28.6. The standard InChI is InChI=1S/C47H28N4.C41H24N4.C40H23N3/c1-3-13-30(14-4-1)45-48-46(31-15-5-2-6-16-31)50-47(49-45)33-19-11-20-34(27-33)51-40-26-25-29-18-12-24-38-36-22-9-10-23-37(36)39-28-32-17-7-8-21-35(32)44(51)42(39)43(40)41(29)38;1-3-12-26(13-4-1)39-42-40(27-14-5-2-6-15-27)44-41(43-39)45-34-23-22-25-17-11-21-32-30-19-9-10-20-31(30)33-24-28-16-7-8-18-29(28)38(45)36(33)37(34)35(25)32;1-2-11-25(12-3-1)38-31-18-8-9-20-33(31)41-40(42-38)43-34-22-21-24-14-10-19-30-28-16-6-7-17-29(28)32-23-26-13-4-5-15-27(26)39(43)36(32)37(34)35(24)30/h1-28H;1-24H;1-23H. The molecule has 0 saturated carbocycles. The summed E-state index contributed by atoms with van der Waals surface area (Å²) in [5, 5.41) is 23.4. The van der Waals surface area contributed by atoms with Gasteiger partial charge in [0.05, 0.1) is 44.3 Å². The molecule has 0 N–H and O–H groups in total. The molecule has 139 heavy (non-hydrogen) atoms. The van der Waals surface area contributed by atoms with Crippen LogP contribution in [0.1, 0.15) is 0 Å². The lowest BCUT2D eigenvalue weighted by Crippen LogP contribution is -2.06. The Morgan fingerprint density at radius 2 is 0.432 bits per heavy atom. The van der Waals surface area contributed by atoms with E-state index in [1.54, 1.807) is 0 Å². The molecule has 11 heteroatoms. The summed E-state index contributed by atoms with van der Waals surface area (Å²) in [7, 11) is 0. The molecule has 6 aromatic heterocycles. The summed E-state index contributed by atoms with van der Waals surface area (Å²) in [6, 6.07) is 162. The van der Waals surface area contributed by atoms with Crippen LogP contribution in [0.5, 0.6) is 0 Å². The monoisotopic (exact) mass is 1770 g/mol. The molecule has 6 heterocycles. The molecule has 0 radical (unpaired) electrons. The Hall–Kier alpha value is -18.8. The maximum absolute atomic E-state index is 5.37. The van der Waals surface area contributed by atoms with Gasteiger partial charge >= 0.3 is 0 Å². The minimum atomic E-state index is 0.607. The number of benzene rings is 22. The number of rotatable bonds is 9. The Labute approximate surface area is 796 Å². The van der Waals surface area contributed by atoms with E-state index in [0.29, 0.717) is 41.0 Å². The van der Waals surface area contributed by atoms with Gasteiger partial charge in [-0.1, -0.05) is 400 Å². The highest BCUT2D eigenvalue weighted by Crippen LogP contribution is 2.57. The summed E-state index contributed by atoms with van der Waals surface area (Å²) >= 11 is 0. The summed E-state index contributed by atoms with van der Waals surface area (Å²) in [5.74, 6) is 4.52. The highest BCUT2D eigenvalue weighted by molar-refractivity contribution is 6.38. The zero-order chi connectivity index (χ0) is 91.0. The van der Waals surface area contributed by atoms with Gasteiger partial charge in [0.1, 0.15) is 0 Å². The van der Waals surface area contributed by atoms with E-state index in [0.717, 1.165) is 77.7 Å². The van der Waals surface area contributed by atoms with Gasteiger partial charge < -0.3 is 4.57 Å². The quantitative estimate of drug-likeness (QED) is 0.140. The van der Waals surface area contributed by atoms with E-state index in [1.165, 1.54) is 175 Å². The first kappa shape index (κ1) is 77.7. The molecule has 0 aliphatic heterocycles. The van der Waals surface area contributed by atoms with Crippen LogP contribution >= 0.6 is 0 Å². The van der Waals surface area contributed by atoms with Crippen LogP contribution in [-0.2, 0) is 0 Å². The van der Waals surface area contributed by atoms with E-state index in [2.05, 4.69) is 366 Å². The average Bonchev–Trinajstić information content (AvgIpc) is 1.54. The molecule has 3 aliphatic rings. The number of fused-ring (bicyclic) bond motifs is 16. The number of para-hydroxylation sites is 1. The summed E-state index contributed by atoms with van der Waals surface area (Å²) in [5.41, 5.74) is 30.7. The van der Waals surface area contributed by atoms with Crippen LogP contribution in [0.2, 0.25) is 0 Å². The van der Waals surface area contributed by atoms with Crippen molar-refractivity contribution in [1.29, 1.82) is 0 Å². The van der Waals surface area contributed by atoms with Crippen molar-refractivity contribution in [3.8, 4) is 153 Å². The van der Waals surface area contributed by atoms with Gasteiger partial charge in [0.2, 0.25) is 11.9 Å². The molecule has 31 rings (SSSR count). The van der Waals surface area contributed by atoms with Crippen LogP contribution in [0, 0.1) is 0 Å². The van der Waals surface area contributed by atoms with Crippen LogP contribution in [0.15, 0.2) is 455 Å². The van der Waals surface area contributed by atoms with Gasteiger partial charge in [-0.25, -0.2) is 29.9 Å². The molecule has 0 saturated heterocycles. The fourth-order valence-corrected chi connectivity index (χ4v) is 22.7. The normalized spacial score (nSPS) is 12.0. The maximum atomic E-state index is 5.37. The lowest BCUT2D eigenvalue weighted by Gasteiger charge is -2.16. The molecular formula is C128H75N11. The minimum absolute atomic E-state index is 0.607. The summed E-state index contributed by atoms with van der Waals surface area (Å²) in [6.07, 6.45) is 0. The van der Waals surface area contributed by atoms with E-state index in [4.69, 9.17) is 39.9 Å². The summed E-state index contributed by atoms with van der Waals surface area (Å²) in [4.78, 5) is 41.1. The zero-order valence-corrected chi connectivity index (χ0v) is 74.7. The molecule has 0 amide bonds. The third-order valence-corrected chi connectivity index (χ3v) is 28.6. The van der Waals surface area contributed by atoms with Crippen molar-refractivity contribution in [3.05, 3.63) is 455 Å². The summed E-state index contributed by atoms with van der Waals surface area (Å²) in [6.45, 7) is 0. The van der Waals surface area contributed by atoms with E-state index in [1.807, 2.05) is 103 Å². The Morgan fingerprint density at radius 1 is 0.151 bits per heavy atom. The van der Waals surface area contributed by atoms with E-state index in [9.17, 15) is 0 Å². The minimum Gasteiger partial charge on any atom is -0.309 e. The van der Waals surface area contributed by atoms with Gasteiger partial charge in [-0.3, -0.25) is 9.13 Å². The average molecular weight is 1770 g/mol. The predicted molar refractivity (Wildman–Crippen MR) is 573 cm³/mol. The fourth-order valence-electron chi connectivity index (χ4n) is 22.7. The van der Waals surface area contributed by atoms with Gasteiger partial charge in [0, 0.05) is 92.9 Å². The van der Waals surface area contributed by atoms with Crippen LogP contribution in [0.3, 0.4) is 0 Å². The second kappa shape index (κ2) is 30.9. The van der Waals surface area contributed by atoms with Gasteiger partial charge in [0.15, 0.2) is 29.1 Å². The second-order valence-corrected chi connectivity index (χ2v) is 36.2. The van der Waals surface area contributed by atoms with Crippen LogP contribution in [0.4, 0.5) is 0 Å². The molecule has 28 aromatic rings. The number of nitrogens with zero attached hydrogens (tertiary/aromatic N) is 11. The van der Waals surface area contributed by atoms with Gasteiger partial charge in [-0.2, -0.15) is 9.97 Å². The zero-order valence-electron chi connectivity index (χ0n) is 74.7. The first-order valence-corrected chi connectivity index (χ1v) is 47.2. The highest BCUT2D eigenvalue weighted by Gasteiger charge is 2.33. The van der Waals surface area contributed by atoms with E-state index >= 15 is 0 Å². The van der Waals surface area contributed by atoms with Crippen molar-refractivity contribution < 1.29 is 0 Å². The third kappa shape index (κ3) is 12.0. The van der Waals surface area contributed by atoms with Crippen molar-refractivity contribution in [2.24, 2.45) is 0 Å². The van der Waals surface area contributed by atoms with E-state index < -0.39 is 0 Å². The first-order chi connectivity index (χ1) is 69.0. The molecule has 22 aromatic carbocycles. The van der Waals surface area contributed by atoms with Crippen LogP contribution < -0.4 is 0 Å². The molecule has 0 unspecified atom stereocenters. The fraction of sp³-hybridized carbons (Fsp3) is 0. The van der Waals surface area contributed by atoms with Gasteiger partial charge in [0.25, 0.3) is 0 Å². The number of hydrogen-bond donors (Lipinski definition) is 0. The Balaban J connectivity index is 0.000000101. The topological polar surface area (TPSA) is 118 Å². The second-order valence-electron chi connectivity index (χ2n) is 36.2. The largest absolute Gasteiger partial charge is 0.309 e. The molecule has 3 aliphatic carbocycles. The SMILES string of the molecule is c1ccc(-c2nc(-c3ccccc3)nc(-c3cccc(-n4c5ccc6cccc7c6c5c5c(cc6ccccc6c54)-c4ccccc4-7)c3)n2)cc1.c1ccc(-c2nc(-c3ccccc3)nc(-n3c4ccc5cccc6c5c4c4c(cc5ccccc5c43)-c3ccccc3-6)n2)cc1.c1ccc(-c2nc(-n3c4ccc5cccc6c5c4c4c(cc5ccccc5c43)-c3ccccc3-6)nc3ccccc23)cc1. The highest BCUT2D eigenvalue weighted by atomic mass is 15.2. The van der Waals surface area contributed by atoms with Crippen molar-refractivity contribution in [2.75, 3.05) is 0 Å². The Bertz CT molecular complexity index is 9970. The smallest absolute Gasteiger partial charge is 0.238 e. The van der Waals surface area contributed by atoms with Crippen molar-refractivity contribution in [3.63, 3.8) is 0 Å². The predicted octanol–water partition coefficient (Wildman–Crippen LogP) is 32.5. The van der Waals surface area contributed by atoms with Crippen molar-refractivity contribution in [1.82, 2.24) is 53.6 Å². The lowest BCUT2D eigenvalue weighted by molar-refractivity contribution is 0.955. The van der Waals surface area contributed by atoms with Crippen LogP contribution in [-0.4, -0.2) is 53.6 Å². The molecule has 0 bridgehead atoms. The van der Waals surface area contributed by atoms with Gasteiger partial charge in [-0.05, 0) is 170 Å². The van der Waals surface area contributed by atoms with Crippen molar-refractivity contribution in [2.45, 2.75) is 0 Å². The lowest BCUT2D eigenvalue weighted by atomic mass is 9.92. The Morgan fingerprint density at radius 3 is 0.827 bits per heavy atom. The molecule has 642 valence electrons. The molecule has 0 fully saturated rings. The van der Waals surface area contributed by atoms with Gasteiger partial charge in [-0.15, -0.1) is 0 Å². The molecule has 11 nitrogen and oxygen atoms in total. The van der Waals surface area contributed by atoms with Crippen LogP contribution in [0.25, 0.3) is 293 Å². The Kier molecular flexibility index (Phi) is 17.3. The molecule has 0 spiro atoms. The summed E-state index contributed by atoms with van der Waals surface area (Å²) < 4.78 is 7.06.